The number of aromatic nitrogens is 2. The lowest BCUT2D eigenvalue weighted by molar-refractivity contribution is 0.0736. The molecule has 0 bridgehead atoms. The molecule has 0 aliphatic carbocycles. The highest BCUT2D eigenvalue weighted by molar-refractivity contribution is 7.10. The second-order valence-electron chi connectivity index (χ2n) is 6.55. The molecular formula is C20H20N4OS. The zero-order chi connectivity index (χ0) is 18.1. The monoisotopic (exact) mass is 364 g/mol. The summed E-state index contributed by atoms with van der Waals surface area (Å²) in [6.07, 6.45) is 4.32. The number of thiophene rings is 1. The standard InChI is InChI=1S/C20H20N4OS/c1-23(2)19-18(21-9-10-22-19)14-3-5-15(6-4-14)20(25)24-11-7-17-16(13-24)8-12-26-17/h3-6,8-10,12H,7,11,13H2,1-2H3. The molecule has 0 saturated carbocycles. The molecule has 0 radical (unpaired) electrons. The van der Waals surface area contributed by atoms with Gasteiger partial charge in [-0.25, -0.2) is 4.98 Å². The molecule has 1 aliphatic rings. The van der Waals surface area contributed by atoms with Crippen molar-refractivity contribution >= 4 is 23.1 Å². The summed E-state index contributed by atoms with van der Waals surface area (Å²) < 4.78 is 0. The van der Waals surface area contributed by atoms with E-state index >= 15 is 0 Å². The summed E-state index contributed by atoms with van der Waals surface area (Å²) in [6.45, 7) is 1.48. The first-order valence-electron chi connectivity index (χ1n) is 8.57. The highest BCUT2D eigenvalue weighted by atomic mass is 32.1. The van der Waals surface area contributed by atoms with E-state index in [1.54, 1.807) is 23.7 Å². The van der Waals surface area contributed by atoms with Gasteiger partial charge in [-0.05, 0) is 35.6 Å². The maximum Gasteiger partial charge on any atom is 0.254 e. The van der Waals surface area contributed by atoms with Gasteiger partial charge in [-0.2, -0.15) is 0 Å². The molecule has 6 heteroatoms. The average Bonchev–Trinajstić information content (AvgIpc) is 3.15. The average molecular weight is 364 g/mol. The molecule has 5 nitrogen and oxygen atoms in total. The van der Waals surface area contributed by atoms with Crippen LogP contribution >= 0.6 is 11.3 Å². The zero-order valence-corrected chi connectivity index (χ0v) is 15.7. The maximum atomic E-state index is 12.8. The van der Waals surface area contributed by atoms with Crippen LogP contribution in [0.5, 0.6) is 0 Å². The molecule has 1 amide bonds. The van der Waals surface area contributed by atoms with Crippen molar-refractivity contribution in [1.29, 1.82) is 0 Å². The molecule has 132 valence electrons. The largest absolute Gasteiger partial charge is 0.361 e. The Labute approximate surface area is 156 Å². The third-order valence-corrected chi connectivity index (χ3v) is 5.63. The summed E-state index contributed by atoms with van der Waals surface area (Å²) >= 11 is 1.78. The quantitative estimate of drug-likeness (QED) is 0.714. The predicted octanol–water partition coefficient (Wildman–Crippen LogP) is 3.47. The molecule has 0 atom stereocenters. The number of anilines is 1. The van der Waals surface area contributed by atoms with Crippen LogP contribution < -0.4 is 4.90 Å². The van der Waals surface area contributed by atoms with E-state index in [1.807, 2.05) is 48.2 Å². The Kier molecular flexibility index (Phi) is 4.42. The Morgan fingerprint density at radius 2 is 1.88 bits per heavy atom. The summed E-state index contributed by atoms with van der Waals surface area (Å²) in [5.41, 5.74) is 3.76. The minimum atomic E-state index is 0.0837. The second-order valence-corrected chi connectivity index (χ2v) is 7.55. The van der Waals surface area contributed by atoms with Gasteiger partial charge in [0.05, 0.1) is 0 Å². The minimum absolute atomic E-state index is 0.0837. The molecule has 1 aromatic carbocycles. The van der Waals surface area contributed by atoms with Gasteiger partial charge in [-0.3, -0.25) is 9.78 Å². The Balaban J connectivity index is 1.56. The van der Waals surface area contributed by atoms with Crippen molar-refractivity contribution < 1.29 is 4.79 Å². The molecule has 0 fully saturated rings. The summed E-state index contributed by atoms with van der Waals surface area (Å²) in [5.74, 6) is 0.896. The lowest BCUT2D eigenvalue weighted by Crippen LogP contribution is -2.35. The molecule has 3 aromatic rings. The molecule has 2 aromatic heterocycles. The molecule has 0 saturated heterocycles. The third-order valence-electron chi connectivity index (χ3n) is 4.60. The van der Waals surface area contributed by atoms with E-state index in [0.29, 0.717) is 12.1 Å². The van der Waals surface area contributed by atoms with Crippen LogP contribution in [0, 0.1) is 0 Å². The highest BCUT2D eigenvalue weighted by Crippen LogP contribution is 2.27. The molecular weight excluding hydrogens is 344 g/mol. The first-order chi connectivity index (χ1) is 12.6. The molecule has 0 spiro atoms. The van der Waals surface area contributed by atoms with Gasteiger partial charge >= 0.3 is 0 Å². The van der Waals surface area contributed by atoms with Crippen molar-refractivity contribution in [3.05, 3.63) is 64.1 Å². The molecule has 0 unspecified atom stereocenters. The van der Waals surface area contributed by atoms with Crippen LogP contribution in [0.4, 0.5) is 5.82 Å². The van der Waals surface area contributed by atoms with Crippen molar-refractivity contribution in [1.82, 2.24) is 14.9 Å². The van der Waals surface area contributed by atoms with Crippen molar-refractivity contribution in [2.45, 2.75) is 13.0 Å². The van der Waals surface area contributed by atoms with Crippen LogP contribution in [0.25, 0.3) is 11.3 Å². The maximum absolute atomic E-state index is 12.8. The van der Waals surface area contributed by atoms with Crippen LogP contribution in [0.3, 0.4) is 0 Å². The van der Waals surface area contributed by atoms with Crippen LogP contribution in [-0.2, 0) is 13.0 Å². The number of carbonyl (C=O) groups excluding carboxylic acids is 1. The Morgan fingerprint density at radius 3 is 2.65 bits per heavy atom. The van der Waals surface area contributed by atoms with E-state index in [2.05, 4.69) is 21.4 Å². The van der Waals surface area contributed by atoms with Crippen molar-refractivity contribution in [2.24, 2.45) is 0 Å². The molecule has 0 N–H and O–H groups in total. The van der Waals surface area contributed by atoms with Gasteiger partial charge in [0.15, 0.2) is 5.82 Å². The molecule has 3 heterocycles. The van der Waals surface area contributed by atoms with Crippen LogP contribution in [0.2, 0.25) is 0 Å². The summed E-state index contributed by atoms with van der Waals surface area (Å²) in [4.78, 5) is 27.0. The van der Waals surface area contributed by atoms with E-state index in [4.69, 9.17) is 0 Å². The minimum Gasteiger partial charge on any atom is -0.361 e. The predicted molar refractivity (Wildman–Crippen MR) is 105 cm³/mol. The molecule has 1 aliphatic heterocycles. The first-order valence-corrected chi connectivity index (χ1v) is 9.45. The molecule has 26 heavy (non-hydrogen) atoms. The number of carbonyl (C=O) groups is 1. The second kappa shape index (κ2) is 6.88. The lowest BCUT2D eigenvalue weighted by Gasteiger charge is -2.27. The lowest BCUT2D eigenvalue weighted by atomic mass is 10.1. The normalized spacial score (nSPS) is 13.4. The van der Waals surface area contributed by atoms with E-state index in [0.717, 1.165) is 30.0 Å². The molecule has 4 rings (SSSR count). The van der Waals surface area contributed by atoms with E-state index < -0.39 is 0 Å². The Hall–Kier alpha value is -2.73. The fourth-order valence-electron chi connectivity index (χ4n) is 3.24. The van der Waals surface area contributed by atoms with Gasteiger partial charge in [0.25, 0.3) is 5.91 Å². The van der Waals surface area contributed by atoms with Gasteiger partial charge in [0.1, 0.15) is 5.69 Å². The number of rotatable bonds is 3. The summed E-state index contributed by atoms with van der Waals surface area (Å²) in [5, 5.41) is 2.11. The van der Waals surface area contributed by atoms with Gasteiger partial charge in [-0.15, -0.1) is 11.3 Å². The fraction of sp³-hybridized carbons (Fsp3) is 0.250. The SMILES string of the molecule is CN(C)c1nccnc1-c1ccc(C(=O)N2CCc3sccc3C2)cc1. The van der Waals surface area contributed by atoms with Crippen molar-refractivity contribution in [3.8, 4) is 11.3 Å². The number of benzene rings is 1. The Morgan fingerprint density at radius 1 is 1.12 bits per heavy atom. The van der Waals surface area contributed by atoms with E-state index in [9.17, 15) is 4.79 Å². The fourth-order valence-corrected chi connectivity index (χ4v) is 4.13. The zero-order valence-electron chi connectivity index (χ0n) is 14.8. The topological polar surface area (TPSA) is 49.3 Å². The van der Waals surface area contributed by atoms with Gasteiger partial charge in [0, 0.05) is 55.6 Å². The highest BCUT2D eigenvalue weighted by Gasteiger charge is 2.22. The third kappa shape index (κ3) is 3.08. The number of hydrogen-bond acceptors (Lipinski definition) is 5. The van der Waals surface area contributed by atoms with Gasteiger partial charge in [0.2, 0.25) is 0 Å². The smallest absolute Gasteiger partial charge is 0.254 e. The van der Waals surface area contributed by atoms with E-state index in [1.165, 1.54) is 10.4 Å². The van der Waals surface area contributed by atoms with Crippen LogP contribution in [0.15, 0.2) is 48.1 Å². The van der Waals surface area contributed by atoms with Crippen molar-refractivity contribution in [2.75, 3.05) is 25.5 Å². The van der Waals surface area contributed by atoms with Crippen LogP contribution in [-0.4, -0.2) is 41.4 Å². The number of nitrogens with zero attached hydrogens (tertiary/aromatic N) is 4. The number of hydrogen-bond donors (Lipinski definition) is 0. The number of amides is 1. The summed E-state index contributed by atoms with van der Waals surface area (Å²) in [7, 11) is 3.89. The van der Waals surface area contributed by atoms with Gasteiger partial charge < -0.3 is 9.80 Å². The number of fused-ring (bicyclic) bond motifs is 1. The van der Waals surface area contributed by atoms with Crippen molar-refractivity contribution in [3.63, 3.8) is 0 Å². The van der Waals surface area contributed by atoms with E-state index in [-0.39, 0.29) is 5.91 Å². The van der Waals surface area contributed by atoms with Crippen LogP contribution in [0.1, 0.15) is 20.8 Å². The first kappa shape index (κ1) is 16.7. The van der Waals surface area contributed by atoms with Gasteiger partial charge in [-0.1, -0.05) is 12.1 Å². The summed E-state index contributed by atoms with van der Waals surface area (Å²) in [6, 6.07) is 9.79. The Bertz CT molecular complexity index is 933.